The minimum absolute atomic E-state index is 0.321. The first-order valence-electron chi connectivity index (χ1n) is 11.6. The Bertz CT molecular complexity index is 1340. The van der Waals surface area contributed by atoms with Crippen molar-refractivity contribution in [3.63, 3.8) is 0 Å². The molecule has 176 valence electrons. The number of anilines is 2. The van der Waals surface area contributed by atoms with Crippen LogP contribution in [0.2, 0.25) is 5.02 Å². The third-order valence-electron chi connectivity index (χ3n) is 6.60. The number of fused-ring (bicyclic) bond motifs is 2. The summed E-state index contributed by atoms with van der Waals surface area (Å²) in [5.41, 5.74) is 4.43. The van der Waals surface area contributed by atoms with Gasteiger partial charge in [-0.2, -0.15) is 0 Å². The van der Waals surface area contributed by atoms with Gasteiger partial charge in [0.15, 0.2) is 0 Å². The summed E-state index contributed by atoms with van der Waals surface area (Å²) in [5, 5.41) is 16.7. The molecule has 0 spiro atoms. The van der Waals surface area contributed by atoms with Gasteiger partial charge in [-0.3, -0.25) is 4.90 Å². The highest BCUT2D eigenvalue weighted by Crippen LogP contribution is 2.36. The zero-order chi connectivity index (χ0) is 23.7. The fourth-order valence-corrected chi connectivity index (χ4v) is 4.76. The number of nitrogens with zero attached hydrogens (tertiary/aromatic N) is 3. The number of pyridine rings is 1. The van der Waals surface area contributed by atoms with Crippen LogP contribution >= 0.6 is 11.6 Å². The summed E-state index contributed by atoms with van der Waals surface area (Å²) in [6, 6.07) is 17.3. The van der Waals surface area contributed by atoms with Gasteiger partial charge in [-0.1, -0.05) is 18.5 Å². The van der Waals surface area contributed by atoms with E-state index in [0.29, 0.717) is 10.8 Å². The number of benzene rings is 3. The van der Waals surface area contributed by atoms with Crippen LogP contribution in [0.5, 0.6) is 11.5 Å². The summed E-state index contributed by atoms with van der Waals surface area (Å²) in [7, 11) is 1.66. The third kappa shape index (κ3) is 4.62. The van der Waals surface area contributed by atoms with Crippen molar-refractivity contribution in [3.8, 4) is 11.5 Å². The molecule has 0 atom stereocenters. The fraction of sp³-hybridized carbons (Fsp3) is 0.296. The largest absolute Gasteiger partial charge is 0.508 e. The van der Waals surface area contributed by atoms with Gasteiger partial charge >= 0.3 is 0 Å². The van der Waals surface area contributed by atoms with Crippen LogP contribution in [0.15, 0.2) is 54.6 Å². The SMILES string of the molecule is CCN1CCN(Cc2cc(Nc3c4ccc(Cl)cc4nc4ccc(OC)cc34)ccc2O)CC1. The van der Waals surface area contributed by atoms with Crippen LogP contribution in [0.25, 0.3) is 21.8 Å². The molecule has 1 aromatic heterocycles. The third-order valence-corrected chi connectivity index (χ3v) is 6.83. The van der Waals surface area contributed by atoms with Gasteiger partial charge < -0.3 is 20.1 Å². The predicted molar refractivity (Wildman–Crippen MR) is 140 cm³/mol. The van der Waals surface area contributed by atoms with Crippen molar-refractivity contribution in [2.45, 2.75) is 13.5 Å². The molecular formula is C27H29ClN4O2. The van der Waals surface area contributed by atoms with Gasteiger partial charge in [0, 0.05) is 59.8 Å². The number of likely N-dealkylation sites (N-methyl/N-ethyl adjacent to an activating group) is 1. The molecule has 4 aromatic rings. The Morgan fingerprint density at radius 3 is 2.50 bits per heavy atom. The van der Waals surface area contributed by atoms with E-state index in [4.69, 9.17) is 21.3 Å². The smallest absolute Gasteiger partial charge is 0.120 e. The highest BCUT2D eigenvalue weighted by atomic mass is 35.5. The Balaban J connectivity index is 1.51. The van der Waals surface area contributed by atoms with Crippen LogP contribution in [-0.2, 0) is 6.54 Å². The van der Waals surface area contributed by atoms with Crippen molar-refractivity contribution >= 4 is 44.8 Å². The van der Waals surface area contributed by atoms with Gasteiger partial charge in [-0.25, -0.2) is 4.98 Å². The molecule has 0 amide bonds. The number of piperazine rings is 1. The van der Waals surface area contributed by atoms with E-state index in [-0.39, 0.29) is 0 Å². The Hall–Kier alpha value is -3.06. The average Bonchev–Trinajstić information content (AvgIpc) is 2.86. The fourth-order valence-electron chi connectivity index (χ4n) is 4.60. The first-order valence-corrected chi connectivity index (χ1v) is 12.0. The number of halogens is 1. The van der Waals surface area contributed by atoms with Crippen LogP contribution in [0, 0.1) is 0 Å². The predicted octanol–water partition coefficient (Wildman–Crippen LogP) is 5.64. The molecule has 1 aliphatic heterocycles. The van der Waals surface area contributed by atoms with E-state index < -0.39 is 0 Å². The maximum atomic E-state index is 10.6. The molecule has 0 radical (unpaired) electrons. The number of rotatable bonds is 6. The lowest BCUT2D eigenvalue weighted by molar-refractivity contribution is 0.131. The minimum Gasteiger partial charge on any atom is -0.508 e. The van der Waals surface area contributed by atoms with Gasteiger partial charge in [0.2, 0.25) is 0 Å². The van der Waals surface area contributed by atoms with E-state index in [0.717, 1.165) is 83.8 Å². The highest BCUT2D eigenvalue weighted by molar-refractivity contribution is 6.31. The van der Waals surface area contributed by atoms with Crippen LogP contribution in [0.4, 0.5) is 11.4 Å². The number of ether oxygens (including phenoxy) is 1. The molecule has 5 rings (SSSR count). The second-order valence-electron chi connectivity index (χ2n) is 8.71. The standard InChI is InChI=1S/C27H29ClN4O2/c1-3-31-10-12-32(13-11-31)17-18-14-20(5-9-26(18)33)29-27-22-7-4-19(28)15-25(22)30-24-8-6-21(34-2)16-23(24)27/h4-9,14-16,33H,3,10-13,17H2,1-2H3,(H,29,30). The molecule has 1 fully saturated rings. The molecule has 2 N–H and O–H groups in total. The quantitative estimate of drug-likeness (QED) is 0.277. The summed E-state index contributed by atoms with van der Waals surface area (Å²) in [6.07, 6.45) is 0. The van der Waals surface area contributed by atoms with Crippen molar-refractivity contribution < 1.29 is 9.84 Å². The van der Waals surface area contributed by atoms with Gasteiger partial charge in [-0.15, -0.1) is 0 Å². The number of phenols is 1. The monoisotopic (exact) mass is 476 g/mol. The molecular weight excluding hydrogens is 448 g/mol. The minimum atomic E-state index is 0.321. The maximum absolute atomic E-state index is 10.6. The zero-order valence-electron chi connectivity index (χ0n) is 19.5. The van der Waals surface area contributed by atoms with E-state index in [1.54, 1.807) is 13.2 Å². The number of aromatic nitrogens is 1. The van der Waals surface area contributed by atoms with Crippen molar-refractivity contribution in [1.82, 2.24) is 14.8 Å². The summed E-state index contributed by atoms with van der Waals surface area (Å²) >= 11 is 6.26. The van der Waals surface area contributed by atoms with Crippen LogP contribution in [0.1, 0.15) is 12.5 Å². The van der Waals surface area contributed by atoms with E-state index in [1.165, 1.54) is 0 Å². The highest BCUT2D eigenvalue weighted by Gasteiger charge is 2.18. The van der Waals surface area contributed by atoms with Gasteiger partial charge in [0.05, 0.1) is 23.8 Å². The van der Waals surface area contributed by atoms with Gasteiger partial charge in [0.1, 0.15) is 11.5 Å². The first-order chi connectivity index (χ1) is 16.5. The molecule has 0 aliphatic carbocycles. The second kappa shape index (κ2) is 9.66. The number of aromatic hydroxyl groups is 1. The molecule has 2 heterocycles. The molecule has 3 aromatic carbocycles. The van der Waals surface area contributed by atoms with Crippen LogP contribution < -0.4 is 10.1 Å². The lowest BCUT2D eigenvalue weighted by Gasteiger charge is -2.34. The van der Waals surface area contributed by atoms with E-state index >= 15 is 0 Å². The molecule has 0 saturated carbocycles. The topological polar surface area (TPSA) is 60.9 Å². The Morgan fingerprint density at radius 2 is 1.74 bits per heavy atom. The molecule has 7 heteroatoms. The molecule has 34 heavy (non-hydrogen) atoms. The maximum Gasteiger partial charge on any atom is 0.120 e. The molecule has 1 saturated heterocycles. The van der Waals surface area contributed by atoms with E-state index in [1.807, 2.05) is 48.5 Å². The Morgan fingerprint density at radius 1 is 0.941 bits per heavy atom. The summed E-state index contributed by atoms with van der Waals surface area (Å²) in [6.45, 7) is 8.15. The number of hydrogen-bond acceptors (Lipinski definition) is 6. The Labute approximate surface area is 204 Å². The second-order valence-corrected chi connectivity index (χ2v) is 9.15. The lowest BCUT2D eigenvalue weighted by Crippen LogP contribution is -2.45. The normalized spacial score (nSPS) is 15.1. The Kier molecular flexibility index (Phi) is 6.46. The van der Waals surface area contributed by atoms with E-state index in [9.17, 15) is 5.11 Å². The van der Waals surface area contributed by atoms with Crippen molar-refractivity contribution in [2.75, 3.05) is 45.2 Å². The summed E-state index contributed by atoms with van der Waals surface area (Å²) in [4.78, 5) is 9.66. The molecule has 0 unspecified atom stereocenters. The number of methoxy groups -OCH3 is 1. The summed E-state index contributed by atoms with van der Waals surface area (Å²) < 4.78 is 5.48. The number of nitrogens with one attached hydrogen (secondary N) is 1. The van der Waals surface area contributed by atoms with E-state index in [2.05, 4.69) is 22.0 Å². The van der Waals surface area contributed by atoms with Crippen molar-refractivity contribution in [3.05, 3.63) is 65.2 Å². The number of phenolic OH excluding ortho intramolecular Hbond substituents is 1. The molecule has 1 aliphatic rings. The zero-order valence-corrected chi connectivity index (χ0v) is 20.3. The van der Waals surface area contributed by atoms with Crippen molar-refractivity contribution in [1.29, 1.82) is 0 Å². The molecule has 6 nitrogen and oxygen atoms in total. The van der Waals surface area contributed by atoms with Gasteiger partial charge in [0.25, 0.3) is 0 Å². The van der Waals surface area contributed by atoms with Gasteiger partial charge in [-0.05, 0) is 61.1 Å². The lowest BCUT2D eigenvalue weighted by atomic mass is 10.1. The molecule has 0 bridgehead atoms. The number of hydrogen-bond donors (Lipinski definition) is 2. The summed E-state index contributed by atoms with van der Waals surface area (Å²) in [5.74, 6) is 1.09. The van der Waals surface area contributed by atoms with Crippen LogP contribution in [-0.4, -0.2) is 59.7 Å². The first kappa shape index (κ1) is 22.7. The average molecular weight is 477 g/mol. The van der Waals surface area contributed by atoms with Crippen molar-refractivity contribution in [2.24, 2.45) is 0 Å². The van der Waals surface area contributed by atoms with Crippen LogP contribution in [0.3, 0.4) is 0 Å².